The van der Waals surface area contributed by atoms with Crippen LogP contribution in [-0.2, 0) is 4.79 Å². The molecule has 82 valence electrons. The first-order valence-electron chi connectivity index (χ1n) is 5.50. The number of carboxylic acid groups (broad SMARTS) is 1. The summed E-state index contributed by atoms with van der Waals surface area (Å²) in [6, 6.07) is -0.293. The Balaban J connectivity index is 2.41. The van der Waals surface area contributed by atoms with Gasteiger partial charge in [0.25, 0.3) is 0 Å². The molecule has 0 bridgehead atoms. The normalized spacial score (nSPS) is 21.1. The average molecular weight is 199 g/mol. The third-order valence-electron chi connectivity index (χ3n) is 3.19. The minimum atomic E-state index is -0.680. The molecule has 0 radical (unpaired) electrons. The van der Waals surface area contributed by atoms with Crippen molar-refractivity contribution >= 4 is 5.97 Å². The predicted molar refractivity (Wildman–Crippen MR) is 56.3 cm³/mol. The second-order valence-electron chi connectivity index (χ2n) is 4.56. The molecule has 0 amide bonds. The van der Waals surface area contributed by atoms with Crippen molar-refractivity contribution in [1.29, 1.82) is 0 Å². The molecule has 0 unspecified atom stereocenters. The van der Waals surface area contributed by atoms with Crippen molar-refractivity contribution in [2.75, 3.05) is 14.1 Å². The summed E-state index contributed by atoms with van der Waals surface area (Å²) in [5, 5.41) is 9.03. The van der Waals surface area contributed by atoms with Crippen LogP contribution in [0.15, 0.2) is 0 Å². The van der Waals surface area contributed by atoms with Gasteiger partial charge in [-0.3, -0.25) is 9.69 Å². The number of aliphatic carboxylic acids is 1. The van der Waals surface area contributed by atoms with E-state index < -0.39 is 5.97 Å². The lowest BCUT2D eigenvalue weighted by atomic mass is 9.84. The van der Waals surface area contributed by atoms with E-state index in [2.05, 4.69) is 0 Å². The Hall–Kier alpha value is -0.570. The van der Waals surface area contributed by atoms with E-state index in [0.29, 0.717) is 5.92 Å². The predicted octanol–water partition coefficient (Wildman–Crippen LogP) is 1.97. The minimum Gasteiger partial charge on any atom is -0.480 e. The van der Waals surface area contributed by atoms with E-state index in [-0.39, 0.29) is 6.04 Å². The molecule has 1 rings (SSSR count). The first-order valence-corrected chi connectivity index (χ1v) is 5.50. The number of carbonyl (C=O) groups is 1. The van der Waals surface area contributed by atoms with Gasteiger partial charge in [0.05, 0.1) is 0 Å². The molecular formula is C11H21NO2. The largest absolute Gasteiger partial charge is 0.480 e. The van der Waals surface area contributed by atoms with E-state index in [4.69, 9.17) is 5.11 Å². The van der Waals surface area contributed by atoms with Crippen LogP contribution >= 0.6 is 0 Å². The summed E-state index contributed by atoms with van der Waals surface area (Å²) in [7, 11) is 3.70. The number of carboxylic acids is 1. The first kappa shape index (κ1) is 11.5. The Morgan fingerprint density at radius 3 is 2.36 bits per heavy atom. The average Bonchev–Trinajstić information content (AvgIpc) is 2.15. The van der Waals surface area contributed by atoms with Crippen LogP contribution in [0.3, 0.4) is 0 Å². The molecule has 1 N–H and O–H groups in total. The lowest BCUT2D eigenvalue weighted by molar-refractivity contribution is -0.143. The van der Waals surface area contributed by atoms with Crippen molar-refractivity contribution in [2.24, 2.45) is 5.92 Å². The SMILES string of the molecule is CN(C)[C@H](CC1CCCCC1)C(=O)O. The molecule has 0 aliphatic heterocycles. The summed E-state index contributed by atoms with van der Waals surface area (Å²) in [6.45, 7) is 0. The van der Waals surface area contributed by atoms with Gasteiger partial charge in [-0.25, -0.2) is 0 Å². The maximum atomic E-state index is 11.0. The molecule has 0 heterocycles. The summed E-state index contributed by atoms with van der Waals surface area (Å²) in [5.74, 6) is -0.0483. The van der Waals surface area contributed by atoms with Gasteiger partial charge in [-0.05, 0) is 26.4 Å². The van der Waals surface area contributed by atoms with Gasteiger partial charge in [-0.1, -0.05) is 32.1 Å². The highest BCUT2D eigenvalue weighted by Gasteiger charge is 2.25. The van der Waals surface area contributed by atoms with E-state index in [1.165, 1.54) is 32.1 Å². The number of hydrogen-bond donors (Lipinski definition) is 1. The maximum Gasteiger partial charge on any atom is 0.320 e. The second-order valence-corrected chi connectivity index (χ2v) is 4.56. The highest BCUT2D eigenvalue weighted by atomic mass is 16.4. The van der Waals surface area contributed by atoms with Crippen LogP contribution in [0.4, 0.5) is 0 Å². The molecule has 0 aromatic rings. The summed E-state index contributed by atoms with van der Waals surface area (Å²) in [6.07, 6.45) is 7.16. The lowest BCUT2D eigenvalue weighted by Crippen LogP contribution is -2.37. The Bertz CT molecular complexity index is 186. The summed E-state index contributed by atoms with van der Waals surface area (Å²) >= 11 is 0. The quantitative estimate of drug-likeness (QED) is 0.752. The molecule has 1 fully saturated rings. The highest BCUT2D eigenvalue weighted by molar-refractivity contribution is 5.73. The van der Waals surface area contributed by atoms with Gasteiger partial charge in [-0.15, -0.1) is 0 Å². The monoisotopic (exact) mass is 199 g/mol. The first-order chi connectivity index (χ1) is 6.61. The smallest absolute Gasteiger partial charge is 0.320 e. The molecule has 14 heavy (non-hydrogen) atoms. The molecular weight excluding hydrogens is 178 g/mol. The van der Waals surface area contributed by atoms with Gasteiger partial charge < -0.3 is 5.11 Å². The number of rotatable bonds is 4. The highest BCUT2D eigenvalue weighted by Crippen LogP contribution is 2.28. The van der Waals surface area contributed by atoms with E-state index in [1.54, 1.807) is 0 Å². The fourth-order valence-electron chi connectivity index (χ4n) is 2.27. The fourth-order valence-corrected chi connectivity index (χ4v) is 2.27. The van der Waals surface area contributed by atoms with E-state index in [0.717, 1.165) is 6.42 Å². The van der Waals surface area contributed by atoms with E-state index in [9.17, 15) is 4.79 Å². The summed E-state index contributed by atoms with van der Waals surface area (Å²) in [4.78, 5) is 12.8. The topological polar surface area (TPSA) is 40.5 Å². The van der Waals surface area contributed by atoms with E-state index >= 15 is 0 Å². The zero-order chi connectivity index (χ0) is 10.6. The van der Waals surface area contributed by atoms with Crippen LogP contribution in [0.2, 0.25) is 0 Å². The van der Waals surface area contributed by atoms with Crippen molar-refractivity contribution in [2.45, 2.75) is 44.6 Å². The molecule has 3 heteroatoms. The third kappa shape index (κ3) is 3.29. The Morgan fingerprint density at radius 2 is 1.93 bits per heavy atom. The number of nitrogens with zero attached hydrogens (tertiary/aromatic N) is 1. The van der Waals surface area contributed by atoms with Crippen LogP contribution < -0.4 is 0 Å². The second kappa shape index (κ2) is 5.35. The molecule has 1 atom stereocenters. The molecule has 1 saturated carbocycles. The molecule has 0 spiro atoms. The maximum absolute atomic E-state index is 11.0. The zero-order valence-corrected chi connectivity index (χ0v) is 9.20. The van der Waals surface area contributed by atoms with Gasteiger partial charge in [0.15, 0.2) is 0 Å². The number of hydrogen-bond acceptors (Lipinski definition) is 2. The molecule has 0 aromatic carbocycles. The van der Waals surface area contributed by atoms with Crippen LogP contribution in [0.25, 0.3) is 0 Å². The van der Waals surface area contributed by atoms with Crippen molar-refractivity contribution in [3.8, 4) is 0 Å². The van der Waals surface area contributed by atoms with Crippen LogP contribution in [0.5, 0.6) is 0 Å². The Morgan fingerprint density at radius 1 is 1.36 bits per heavy atom. The van der Waals surface area contributed by atoms with Crippen molar-refractivity contribution in [3.63, 3.8) is 0 Å². The molecule has 3 nitrogen and oxygen atoms in total. The standard InChI is InChI=1S/C11H21NO2/c1-12(2)10(11(13)14)8-9-6-4-3-5-7-9/h9-10H,3-8H2,1-2H3,(H,13,14)/t10-/m1/s1. The Kier molecular flexibility index (Phi) is 4.39. The van der Waals surface area contributed by atoms with Crippen LogP contribution in [0, 0.1) is 5.92 Å². The van der Waals surface area contributed by atoms with E-state index in [1.807, 2.05) is 19.0 Å². The van der Waals surface area contributed by atoms with Crippen LogP contribution in [-0.4, -0.2) is 36.1 Å². The molecule has 0 aromatic heterocycles. The van der Waals surface area contributed by atoms with Crippen molar-refractivity contribution in [3.05, 3.63) is 0 Å². The fraction of sp³-hybridized carbons (Fsp3) is 0.909. The Labute approximate surface area is 86.1 Å². The molecule has 1 aliphatic rings. The minimum absolute atomic E-state index is 0.293. The lowest BCUT2D eigenvalue weighted by Gasteiger charge is -2.27. The van der Waals surface area contributed by atoms with Crippen molar-refractivity contribution in [1.82, 2.24) is 4.90 Å². The van der Waals surface area contributed by atoms with Gasteiger partial charge in [-0.2, -0.15) is 0 Å². The van der Waals surface area contributed by atoms with Crippen LogP contribution in [0.1, 0.15) is 38.5 Å². The molecule has 1 aliphatic carbocycles. The van der Waals surface area contributed by atoms with Gasteiger partial charge >= 0.3 is 5.97 Å². The molecule has 0 saturated heterocycles. The van der Waals surface area contributed by atoms with Gasteiger partial charge in [0.1, 0.15) is 6.04 Å². The van der Waals surface area contributed by atoms with Gasteiger partial charge in [0, 0.05) is 0 Å². The van der Waals surface area contributed by atoms with Gasteiger partial charge in [0.2, 0.25) is 0 Å². The zero-order valence-electron chi connectivity index (χ0n) is 9.20. The summed E-state index contributed by atoms with van der Waals surface area (Å²) in [5.41, 5.74) is 0. The van der Waals surface area contributed by atoms with Crippen molar-refractivity contribution < 1.29 is 9.90 Å². The number of likely N-dealkylation sites (N-methyl/N-ethyl adjacent to an activating group) is 1. The third-order valence-corrected chi connectivity index (χ3v) is 3.19. The summed E-state index contributed by atoms with van der Waals surface area (Å²) < 4.78 is 0.